The van der Waals surface area contributed by atoms with E-state index in [2.05, 4.69) is 20.8 Å². The molecule has 0 spiro atoms. The minimum atomic E-state index is -0.155. The molecule has 2 saturated carbocycles. The van der Waals surface area contributed by atoms with Gasteiger partial charge in [-0.1, -0.05) is 25.3 Å². The van der Waals surface area contributed by atoms with Gasteiger partial charge in [0, 0.05) is 5.41 Å². The van der Waals surface area contributed by atoms with Gasteiger partial charge in [0.25, 0.3) is 0 Å². The van der Waals surface area contributed by atoms with Gasteiger partial charge in [0.2, 0.25) is 0 Å². The Morgan fingerprint density at radius 1 is 1.36 bits per heavy atom. The lowest BCUT2D eigenvalue weighted by atomic mass is 9.68. The van der Waals surface area contributed by atoms with Gasteiger partial charge in [0.05, 0.1) is 6.10 Å². The Morgan fingerprint density at radius 3 is 2.64 bits per heavy atom. The smallest absolute Gasteiger partial charge is 0.0808 e. The van der Waals surface area contributed by atoms with Crippen LogP contribution < -0.4 is 0 Å². The Morgan fingerprint density at radius 2 is 2.07 bits per heavy atom. The van der Waals surface area contributed by atoms with E-state index >= 15 is 0 Å². The first-order chi connectivity index (χ1) is 6.55. The van der Waals surface area contributed by atoms with Gasteiger partial charge in [-0.05, 0) is 44.6 Å². The Balaban J connectivity index is 2.31. The molecular weight excluding hydrogens is 172 g/mol. The van der Waals surface area contributed by atoms with Crippen molar-refractivity contribution >= 4 is 0 Å². The highest BCUT2D eigenvalue weighted by Gasteiger charge is 2.49. The summed E-state index contributed by atoms with van der Waals surface area (Å²) in [6.45, 7) is 6.57. The molecule has 1 nitrogen and oxygen atoms in total. The Kier molecular flexibility index (Phi) is 2.46. The topological polar surface area (TPSA) is 20.2 Å². The van der Waals surface area contributed by atoms with Crippen LogP contribution in [-0.4, -0.2) is 11.2 Å². The summed E-state index contributed by atoms with van der Waals surface area (Å²) in [6.07, 6.45) is 6.21. The molecule has 0 aromatic carbocycles. The van der Waals surface area contributed by atoms with E-state index in [1.165, 1.54) is 36.8 Å². The summed E-state index contributed by atoms with van der Waals surface area (Å²) in [5.74, 6) is 0.746. The molecule has 3 unspecified atom stereocenters. The number of allylic oxidation sites excluding steroid dienone is 1. The van der Waals surface area contributed by atoms with E-state index in [-0.39, 0.29) is 11.5 Å². The standard InChI is InChI=1S/C13H22O/c1-9(2)11-8-10-6-4-5-7-13(10,3)12(11)14/h10,12,14H,4-8H2,1-3H3. The molecule has 0 aliphatic heterocycles. The van der Waals surface area contributed by atoms with Crippen molar-refractivity contribution in [3.8, 4) is 0 Å². The van der Waals surface area contributed by atoms with Crippen LogP contribution >= 0.6 is 0 Å². The molecule has 2 aliphatic carbocycles. The van der Waals surface area contributed by atoms with Gasteiger partial charge in [-0.15, -0.1) is 0 Å². The number of rotatable bonds is 0. The number of aliphatic hydroxyl groups excluding tert-OH is 1. The molecule has 1 N–H and O–H groups in total. The summed E-state index contributed by atoms with van der Waals surface area (Å²) in [5.41, 5.74) is 2.87. The molecule has 0 heterocycles. The average molecular weight is 194 g/mol. The molecule has 2 rings (SSSR count). The van der Waals surface area contributed by atoms with Crippen molar-refractivity contribution in [2.75, 3.05) is 0 Å². The van der Waals surface area contributed by atoms with E-state index in [1.54, 1.807) is 0 Å². The fraction of sp³-hybridized carbons (Fsp3) is 0.846. The molecule has 0 aromatic rings. The van der Waals surface area contributed by atoms with Crippen molar-refractivity contribution < 1.29 is 5.11 Å². The highest BCUT2D eigenvalue weighted by atomic mass is 16.3. The predicted octanol–water partition coefficient (Wildman–Crippen LogP) is 3.28. The second-order valence-corrected chi connectivity index (χ2v) is 5.58. The number of hydrogen-bond donors (Lipinski definition) is 1. The quantitative estimate of drug-likeness (QED) is 0.587. The summed E-state index contributed by atoms with van der Waals surface area (Å²) >= 11 is 0. The van der Waals surface area contributed by atoms with Crippen LogP contribution in [0.4, 0.5) is 0 Å². The zero-order valence-corrected chi connectivity index (χ0v) is 9.64. The molecule has 1 heteroatoms. The monoisotopic (exact) mass is 194 g/mol. The number of aliphatic hydroxyl groups is 1. The van der Waals surface area contributed by atoms with E-state index in [0.29, 0.717) is 0 Å². The summed E-state index contributed by atoms with van der Waals surface area (Å²) in [5, 5.41) is 10.4. The van der Waals surface area contributed by atoms with Gasteiger partial charge in [0.1, 0.15) is 0 Å². The van der Waals surface area contributed by atoms with Gasteiger partial charge >= 0.3 is 0 Å². The maximum atomic E-state index is 10.4. The van der Waals surface area contributed by atoms with Crippen LogP contribution in [0.25, 0.3) is 0 Å². The first-order valence-electron chi connectivity index (χ1n) is 5.90. The van der Waals surface area contributed by atoms with Crippen LogP contribution in [0.15, 0.2) is 11.1 Å². The summed E-state index contributed by atoms with van der Waals surface area (Å²) in [7, 11) is 0. The van der Waals surface area contributed by atoms with Crippen LogP contribution in [0.2, 0.25) is 0 Å². The molecule has 3 atom stereocenters. The lowest BCUT2D eigenvalue weighted by Crippen LogP contribution is -2.35. The van der Waals surface area contributed by atoms with E-state index in [9.17, 15) is 5.11 Å². The average Bonchev–Trinajstić information content (AvgIpc) is 2.40. The lowest BCUT2D eigenvalue weighted by Gasteiger charge is -2.38. The Hall–Kier alpha value is -0.300. The first-order valence-corrected chi connectivity index (χ1v) is 5.90. The van der Waals surface area contributed by atoms with Gasteiger partial charge in [-0.25, -0.2) is 0 Å². The zero-order valence-electron chi connectivity index (χ0n) is 9.64. The van der Waals surface area contributed by atoms with Gasteiger partial charge in [0.15, 0.2) is 0 Å². The van der Waals surface area contributed by atoms with Crippen LogP contribution in [0.3, 0.4) is 0 Å². The third-order valence-electron chi connectivity index (χ3n) is 4.51. The lowest BCUT2D eigenvalue weighted by molar-refractivity contribution is 0.0256. The third-order valence-corrected chi connectivity index (χ3v) is 4.51. The Bertz CT molecular complexity index is 262. The molecule has 2 aliphatic rings. The maximum absolute atomic E-state index is 10.4. The van der Waals surface area contributed by atoms with Crippen molar-refractivity contribution in [1.29, 1.82) is 0 Å². The molecule has 0 aromatic heterocycles. The van der Waals surface area contributed by atoms with Crippen LogP contribution in [0, 0.1) is 11.3 Å². The Labute approximate surface area is 87.2 Å². The molecular formula is C13H22O. The van der Waals surface area contributed by atoms with Gasteiger partial charge < -0.3 is 5.11 Å². The number of fused-ring (bicyclic) bond motifs is 1. The van der Waals surface area contributed by atoms with Gasteiger partial charge in [-0.3, -0.25) is 0 Å². The molecule has 14 heavy (non-hydrogen) atoms. The van der Waals surface area contributed by atoms with Crippen molar-refractivity contribution in [2.45, 2.75) is 59.0 Å². The second kappa shape index (κ2) is 3.37. The predicted molar refractivity (Wildman–Crippen MR) is 59.1 cm³/mol. The fourth-order valence-corrected chi connectivity index (χ4v) is 3.38. The highest BCUT2D eigenvalue weighted by Crippen LogP contribution is 2.54. The molecule has 80 valence electrons. The minimum absolute atomic E-state index is 0.155. The van der Waals surface area contributed by atoms with E-state index in [4.69, 9.17) is 0 Å². The summed E-state index contributed by atoms with van der Waals surface area (Å²) in [4.78, 5) is 0. The van der Waals surface area contributed by atoms with E-state index in [0.717, 1.165) is 12.3 Å². The van der Waals surface area contributed by atoms with Crippen LogP contribution in [0.1, 0.15) is 52.9 Å². The number of hydrogen-bond acceptors (Lipinski definition) is 1. The summed E-state index contributed by atoms with van der Waals surface area (Å²) in [6, 6.07) is 0. The second-order valence-electron chi connectivity index (χ2n) is 5.58. The molecule has 2 fully saturated rings. The van der Waals surface area contributed by atoms with Crippen LogP contribution in [-0.2, 0) is 0 Å². The maximum Gasteiger partial charge on any atom is 0.0808 e. The van der Waals surface area contributed by atoms with Crippen molar-refractivity contribution in [2.24, 2.45) is 11.3 Å². The zero-order chi connectivity index (χ0) is 10.3. The molecule has 0 amide bonds. The molecule has 0 radical (unpaired) electrons. The molecule has 0 saturated heterocycles. The summed E-state index contributed by atoms with van der Waals surface area (Å²) < 4.78 is 0. The van der Waals surface area contributed by atoms with E-state index < -0.39 is 0 Å². The van der Waals surface area contributed by atoms with Crippen molar-refractivity contribution in [3.05, 3.63) is 11.1 Å². The van der Waals surface area contributed by atoms with Gasteiger partial charge in [-0.2, -0.15) is 0 Å². The minimum Gasteiger partial charge on any atom is -0.388 e. The highest BCUT2D eigenvalue weighted by molar-refractivity contribution is 5.25. The van der Waals surface area contributed by atoms with Crippen molar-refractivity contribution in [3.63, 3.8) is 0 Å². The van der Waals surface area contributed by atoms with Crippen molar-refractivity contribution in [1.82, 2.24) is 0 Å². The largest absolute Gasteiger partial charge is 0.388 e. The molecule has 0 bridgehead atoms. The fourth-order valence-electron chi connectivity index (χ4n) is 3.38. The van der Waals surface area contributed by atoms with Crippen LogP contribution in [0.5, 0.6) is 0 Å². The first kappa shape index (κ1) is 10.2. The third kappa shape index (κ3) is 1.33. The SMILES string of the molecule is CC(C)=C1CC2CCCCC2(C)C1O. The normalized spacial score (nSPS) is 42.4. The van der Waals surface area contributed by atoms with E-state index in [1.807, 2.05) is 0 Å².